The number of esters is 2. The molecule has 0 aliphatic carbocycles. The van der Waals surface area contributed by atoms with Gasteiger partial charge < -0.3 is 23.7 Å². The van der Waals surface area contributed by atoms with Gasteiger partial charge in [0, 0.05) is 18.0 Å². The highest BCUT2D eigenvalue weighted by molar-refractivity contribution is 6.03. The van der Waals surface area contributed by atoms with Crippen LogP contribution in [0.2, 0.25) is 0 Å². The van der Waals surface area contributed by atoms with E-state index in [0.29, 0.717) is 5.56 Å². The van der Waals surface area contributed by atoms with Gasteiger partial charge in [-0.15, -0.1) is 0 Å². The second-order valence-electron chi connectivity index (χ2n) is 7.72. The summed E-state index contributed by atoms with van der Waals surface area (Å²) in [5, 5.41) is 0. The fourth-order valence-electron chi connectivity index (χ4n) is 3.94. The second kappa shape index (κ2) is 12.1. The molecule has 0 unspecified atom stereocenters. The molecular formula is C27H28FNO8. The summed E-state index contributed by atoms with van der Waals surface area (Å²) in [6, 6.07) is 8.38. The number of amides is 1. The molecule has 2 aromatic carbocycles. The summed E-state index contributed by atoms with van der Waals surface area (Å²) in [4.78, 5) is 40.7. The Bertz CT molecular complexity index is 1190. The van der Waals surface area contributed by atoms with Gasteiger partial charge in [0.15, 0.2) is 11.5 Å². The Labute approximate surface area is 214 Å². The van der Waals surface area contributed by atoms with E-state index in [1.807, 2.05) is 0 Å². The van der Waals surface area contributed by atoms with Crippen molar-refractivity contribution >= 4 is 17.8 Å². The number of carbonyl (C=O) groups is 3. The molecule has 0 saturated heterocycles. The molecule has 0 fully saturated rings. The average molecular weight is 514 g/mol. The predicted octanol–water partition coefficient (Wildman–Crippen LogP) is 3.99. The standard InChI is InChI=1S/C27H28FNO8/c1-6-36-26(31)19-14-29(25(30)17-12-21(33-3)24(35-5)22(13-17)34-4)15-20(27(32)37-7-2)23(19)16-9-8-10-18(28)11-16/h8-15,23H,6-7H2,1-5H3. The lowest BCUT2D eigenvalue weighted by Gasteiger charge is -2.29. The van der Waals surface area contributed by atoms with Crippen LogP contribution in [0.3, 0.4) is 0 Å². The third-order valence-corrected chi connectivity index (χ3v) is 5.53. The van der Waals surface area contributed by atoms with E-state index in [1.165, 1.54) is 64.1 Å². The maximum atomic E-state index is 14.1. The number of benzene rings is 2. The molecule has 1 aliphatic heterocycles. The number of methoxy groups -OCH3 is 3. The first-order valence-corrected chi connectivity index (χ1v) is 11.4. The van der Waals surface area contributed by atoms with Crippen LogP contribution < -0.4 is 14.2 Å². The van der Waals surface area contributed by atoms with Crippen LogP contribution in [0.5, 0.6) is 17.2 Å². The second-order valence-corrected chi connectivity index (χ2v) is 7.72. The Morgan fingerprint density at radius 3 is 1.81 bits per heavy atom. The van der Waals surface area contributed by atoms with Crippen molar-refractivity contribution in [1.82, 2.24) is 4.90 Å². The van der Waals surface area contributed by atoms with Crippen molar-refractivity contribution in [1.29, 1.82) is 0 Å². The summed E-state index contributed by atoms with van der Waals surface area (Å²) in [5.41, 5.74) is 0.355. The molecule has 0 atom stereocenters. The minimum atomic E-state index is -1.03. The van der Waals surface area contributed by atoms with Gasteiger partial charge in [0.2, 0.25) is 5.75 Å². The number of hydrogen-bond donors (Lipinski definition) is 0. The van der Waals surface area contributed by atoms with Gasteiger partial charge in [-0.25, -0.2) is 14.0 Å². The van der Waals surface area contributed by atoms with E-state index >= 15 is 0 Å². The highest BCUT2D eigenvalue weighted by atomic mass is 19.1. The van der Waals surface area contributed by atoms with Crippen LogP contribution in [0.4, 0.5) is 4.39 Å². The van der Waals surface area contributed by atoms with Crippen molar-refractivity contribution in [3.05, 3.63) is 76.9 Å². The number of ether oxygens (including phenoxy) is 5. The summed E-state index contributed by atoms with van der Waals surface area (Å²) in [7, 11) is 4.25. The van der Waals surface area contributed by atoms with Crippen LogP contribution in [-0.4, -0.2) is 57.3 Å². The maximum absolute atomic E-state index is 14.1. The zero-order valence-corrected chi connectivity index (χ0v) is 21.2. The molecule has 0 saturated carbocycles. The number of rotatable bonds is 9. The number of nitrogens with zero attached hydrogens (tertiary/aromatic N) is 1. The molecule has 0 spiro atoms. The maximum Gasteiger partial charge on any atom is 0.336 e. The molecule has 37 heavy (non-hydrogen) atoms. The van der Waals surface area contributed by atoms with Gasteiger partial charge in [0.05, 0.1) is 51.6 Å². The fourth-order valence-corrected chi connectivity index (χ4v) is 3.94. The lowest BCUT2D eigenvalue weighted by atomic mass is 9.83. The zero-order valence-electron chi connectivity index (χ0n) is 21.2. The van der Waals surface area contributed by atoms with Crippen molar-refractivity contribution < 1.29 is 42.5 Å². The molecule has 2 aromatic rings. The summed E-state index contributed by atoms with van der Waals surface area (Å²) >= 11 is 0. The van der Waals surface area contributed by atoms with E-state index in [1.54, 1.807) is 19.9 Å². The minimum Gasteiger partial charge on any atom is -0.493 e. The molecule has 0 aromatic heterocycles. The molecule has 0 radical (unpaired) electrons. The van der Waals surface area contributed by atoms with Gasteiger partial charge in [-0.05, 0) is 43.7 Å². The molecule has 10 heteroatoms. The Hall–Kier alpha value is -4.34. The van der Waals surface area contributed by atoms with Crippen LogP contribution in [0, 0.1) is 5.82 Å². The summed E-state index contributed by atoms with van der Waals surface area (Å²) < 4.78 is 40.5. The Balaban J connectivity index is 2.19. The first-order valence-electron chi connectivity index (χ1n) is 11.4. The van der Waals surface area contributed by atoms with Crippen molar-refractivity contribution in [2.24, 2.45) is 0 Å². The number of hydrogen-bond acceptors (Lipinski definition) is 8. The molecule has 0 N–H and O–H groups in total. The predicted molar refractivity (Wildman–Crippen MR) is 131 cm³/mol. The van der Waals surface area contributed by atoms with Gasteiger partial charge in [-0.2, -0.15) is 0 Å². The van der Waals surface area contributed by atoms with Crippen molar-refractivity contribution in [3.63, 3.8) is 0 Å². The number of carbonyl (C=O) groups excluding carboxylic acids is 3. The lowest BCUT2D eigenvalue weighted by Crippen LogP contribution is -2.32. The lowest BCUT2D eigenvalue weighted by molar-refractivity contribution is -0.139. The van der Waals surface area contributed by atoms with Crippen molar-refractivity contribution in [2.75, 3.05) is 34.5 Å². The van der Waals surface area contributed by atoms with Crippen LogP contribution in [0.15, 0.2) is 59.9 Å². The molecule has 1 heterocycles. The molecule has 196 valence electrons. The zero-order chi connectivity index (χ0) is 27.1. The Kier molecular flexibility index (Phi) is 8.89. The molecular weight excluding hydrogens is 485 g/mol. The molecule has 1 amide bonds. The normalized spacial score (nSPS) is 13.3. The average Bonchev–Trinajstić information content (AvgIpc) is 2.91. The summed E-state index contributed by atoms with van der Waals surface area (Å²) in [6.45, 7) is 3.34. The smallest absolute Gasteiger partial charge is 0.336 e. The van der Waals surface area contributed by atoms with Gasteiger partial charge >= 0.3 is 11.9 Å². The van der Waals surface area contributed by atoms with E-state index < -0.39 is 29.6 Å². The van der Waals surface area contributed by atoms with Crippen LogP contribution in [0.1, 0.15) is 35.7 Å². The Morgan fingerprint density at radius 2 is 1.38 bits per heavy atom. The monoisotopic (exact) mass is 513 g/mol. The van der Waals surface area contributed by atoms with Crippen LogP contribution >= 0.6 is 0 Å². The van der Waals surface area contributed by atoms with E-state index in [-0.39, 0.29) is 47.2 Å². The van der Waals surface area contributed by atoms with E-state index in [0.717, 1.165) is 4.90 Å². The van der Waals surface area contributed by atoms with Gasteiger partial charge in [-0.3, -0.25) is 9.69 Å². The van der Waals surface area contributed by atoms with Gasteiger partial charge in [-0.1, -0.05) is 12.1 Å². The Morgan fingerprint density at radius 1 is 0.838 bits per heavy atom. The summed E-state index contributed by atoms with van der Waals surface area (Å²) in [5.74, 6) is -2.97. The first kappa shape index (κ1) is 27.3. The van der Waals surface area contributed by atoms with E-state index in [4.69, 9.17) is 23.7 Å². The van der Waals surface area contributed by atoms with E-state index in [2.05, 4.69) is 0 Å². The highest BCUT2D eigenvalue weighted by Crippen LogP contribution is 2.40. The minimum absolute atomic E-state index is 0.0428. The van der Waals surface area contributed by atoms with Crippen LogP contribution in [-0.2, 0) is 19.1 Å². The third-order valence-electron chi connectivity index (χ3n) is 5.53. The molecule has 0 bridgehead atoms. The third kappa shape index (κ3) is 5.74. The quantitative estimate of drug-likeness (QED) is 0.464. The molecule has 3 rings (SSSR count). The van der Waals surface area contributed by atoms with Crippen molar-refractivity contribution in [2.45, 2.75) is 19.8 Å². The van der Waals surface area contributed by atoms with E-state index in [9.17, 15) is 18.8 Å². The number of halogens is 1. The molecule has 9 nitrogen and oxygen atoms in total. The highest BCUT2D eigenvalue weighted by Gasteiger charge is 2.37. The fraction of sp³-hybridized carbons (Fsp3) is 0.296. The van der Waals surface area contributed by atoms with Crippen molar-refractivity contribution in [3.8, 4) is 17.2 Å². The molecule has 1 aliphatic rings. The van der Waals surface area contributed by atoms with Gasteiger partial charge in [0.1, 0.15) is 5.82 Å². The largest absolute Gasteiger partial charge is 0.493 e. The van der Waals surface area contributed by atoms with Crippen LogP contribution in [0.25, 0.3) is 0 Å². The SMILES string of the molecule is CCOC(=O)C1=CN(C(=O)c2cc(OC)c(OC)c(OC)c2)C=C(C(=O)OCC)C1c1cccc(F)c1. The summed E-state index contributed by atoms with van der Waals surface area (Å²) in [6.07, 6.45) is 2.53. The topological polar surface area (TPSA) is 101 Å². The first-order chi connectivity index (χ1) is 17.8. The van der Waals surface area contributed by atoms with Gasteiger partial charge in [0.25, 0.3) is 5.91 Å².